The zero-order valence-corrected chi connectivity index (χ0v) is 13.4. The van der Waals surface area contributed by atoms with E-state index in [2.05, 4.69) is 11.7 Å². The van der Waals surface area contributed by atoms with Crippen molar-refractivity contribution < 1.29 is 4.84 Å². The second-order valence-corrected chi connectivity index (χ2v) is 5.34. The average molecular weight is 313 g/mol. The average Bonchev–Trinajstić information content (AvgIpc) is 2.67. The molecule has 1 atom stereocenters. The van der Waals surface area contributed by atoms with Crippen molar-refractivity contribution in [2.45, 2.75) is 6.10 Å². The van der Waals surface area contributed by atoms with E-state index in [1.165, 1.54) is 0 Å². The number of hydrogen-bond donors (Lipinski definition) is 0. The predicted molar refractivity (Wildman–Crippen MR) is 99.0 cm³/mol. The van der Waals surface area contributed by atoms with Crippen LogP contribution in [-0.4, -0.2) is 5.71 Å². The summed E-state index contributed by atoms with van der Waals surface area (Å²) in [6, 6.07) is 30.0. The van der Waals surface area contributed by atoms with E-state index < -0.39 is 0 Å². The summed E-state index contributed by atoms with van der Waals surface area (Å²) in [4.78, 5) is 5.82. The highest BCUT2D eigenvalue weighted by Crippen LogP contribution is 2.20. The Balaban J connectivity index is 1.94. The van der Waals surface area contributed by atoms with Gasteiger partial charge in [-0.2, -0.15) is 0 Å². The lowest BCUT2D eigenvalue weighted by molar-refractivity contribution is 0.0934. The van der Waals surface area contributed by atoms with E-state index in [9.17, 15) is 0 Å². The van der Waals surface area contributed by atoms with Crippen LogP contribution in [0.25, 0.3) is 0 Å². The van der Waals surface area contributed by atoms with Crippen LogP contribution >= 0.6 is 0 Å². The van der Waals surface area contributed by atoms with Crippen molar-refractivity contribution in [2.24, 2.45) is 5.16 Å². The quantitative estimate of drug-likeness (QED) is 0.340. The maximum atomic E-state index is 5.82. The summed E-state index contributed by atoms with van der Waals surface area (Å²) >= 11 is 0. The Hall–Kier alpha value is -3.13. The molecule has 0 aromatic heterocycles. The van der Waals surface area contributed by atoms with Crippen LogP contribution in [0.15, 0.2) is 109 Å². The fourth-order valence-corrected chi connectivity index (χ4v) is 2.46. The van der Waals surface area contributed by atoms with Gasteiger partial charge in [0.2, 0.25) is 0 Å². The third kappa shape index (κ3) is 3.79. The molecule has 0 heterocycles. The first kappa shape index (κ1) is 15.8. The first-order chi connectivity index (χ1) is 11.9. The molecule has 118 valence electrons. The van der Waals surface area contributed by atoms with Crippen LogP contribution in [0.2, 0.25) is 0 Å². The SMILES string of the molecule is C=C[C@H](ON=C(c1ccccc1)c1ccccc1)c1ccccc1. The Bertz CT molecular complexity index is 754. The molecule has 0 spiro atoms. The molecule has 0 amide bonds. The molecule has 0 radical (unpaired) electrons. The molecule has 24 heavy (non-hydrogen) atoms. The summed E-state index contributed by atoms with van der Waals surface area (Å²) in [5.41, 5.74) is 3.86. The molecule has 0 aliphatic carbocycles. The van der Waals surface area contributed by atoms with Gasteiger partial charge >= 0.3 is 0 Å². The van der Waals surface area contributed by atoms with Crippen LogP contribution in [0.4, 0.5) is 0 Å². The van der Waals surface area contributed by atoms with E-state index in [1.54, 1.807) is 6.08 Å². The maximum Gasteiger partial charge on any atom is 0.170 e. The van der Waals surface area contributed by atoms with E-state index in [1.807, 2.05) is 91.0 Å². The molecule has 3 rings (SSSR count). The van der Waals surface area contributed by atoms with E-state index in [4.69, 9.17) is 4.84 Å². The van der Waals surface area contributed by atoms with Crippen LogP contribution < -0.4 is 0 Å². The first-order valence-electron chi connectivity index (χ1n) is 7.90. The molecule has 0 saturated heterocycles. The zero-order chi connectivity index (χ0) is 16.6. The molecule has 3 aromatic carbocycles. The Morgan fingerprint density at radius 2 is 1.21 bits per heavy atom. The normalized spacial score (nSPS) is 11.3. The molecule has 0 aliphatic rings. The summed E-state index contributed by atoms with van der Waals surface area (Å²) in [6.07, 6.45) is 1.47. The highest BCUT2D eigenvalue weighted by Gasteiger charge is 2.11. The first-order valence-corrected chi connectivity index (χ1v) is 7.90. The number of rotatable bonds is 6. The van der Waals surface area contributed by atoms with E-state index in [0.717, 1.165) is 22.4 Å². The smallest absolute Gasteiger partial charge is 0.170 e. The van der Waals surface area contributed by atoms with Crippen LogP contribution in [0.5, 0.6) is 0 Å². The summed E-state index contributed by atoms with van der Waals surface area (Å²) in [5, 5.41) is 4.46. The van der Waals surface area contributed by atoms with Gasteiger partial charge in [0.15, 0.2) is 6.10 Å². The fourth-order valence-electron chi connectivity index (χ4n) is 2.46. The van der Waals surface area contributed by atoms with Crippen LogP contribution in [0.1, 0.15) is 22.8 Å². The topological polar surface area (TPSA) is 21.6 Å². The monoisotopic (exact) mass is 313 g/mol. The minimum atomic E-state index is -0.284. The van der Waals surface area contributed by atoms with Gasteiger partial charge in [-0.3, -0.25) is 0 Å². The molecular weight excluding hydrogens is 294 g/mol. The molecule has 0 aliphatic heterocycles. The Morgan fingerprint density at radius 3 is 1.67 bits per heavy atom. The van der Waals surface area contributed by atoms with Crippen LogP contribution in [0, 0.1) is 0 Å². The lowest BCUT2D eigenvalue weighted by Crippen LogP contribution is -2.06. The lowest BCUT2D eigenvalue weighted by Gasteiger charge is -2.13. The second-order valence-electron chi connectivity index (χ2n) is 5.34. The van der Waals surface area contributed by atoms with Crippen molar-refractivity contribution in [3.63, 3.8) is 0 Å². The number of benzene rings is 3. The van der Waals surface area contributed by atoms with Gasteiger partial charge in [0.1, 0.15) is 5.71 Å². The lowest BCUT2D eigenvalue weighted by atomic mass is 10.0. The van der Waals surface area contributed by atoms with Crippen LogP contribution in [0.3, 0.4) is 0 Å². The fraction of sp³-hybridized carbons (Fsp3) is 0.0455. The van der Waals surface area contributed by atoms with E-state index >= 15 is 0 Å². The van der Waals surface area contributed by atoms with E-state index in [-0.39, 0.29) is 6.10 Å². The number of oxime groups is 1. The molecule has 0 bridgehead atoms. The largest absolute Gasteiger partial charge is 0.383 e. The Morgan fingerprint density at radius 1 is 0.750 bits per heavy atom. The highest BCUT2D eigenvalue weighted by atomic mass is 16.6. The van der Waals surface area contributed by atoms with E-state index in [0.29, 0.717) is 0 Å². The van der Waals surface area contributed by atoms with Crippen molar-refractivity contribution in [1.82, 2.24) is 0 Å². The number of hydrogen-bond acceptors (Lipinski definition) is 2. The van der Waals surface area contributed by atoms with Crippen molar-refractivity contribution in [3.8, 4) is 0 Å². The summed E-state index contributed by atoms with van der Waals surface area (Å²) in [6.45, 7) is 3.87. The van der Waals surface area contributed by atoms with Crippen molar-refractivity contribution in [1.29, 1.82) is 0 Å². The van der Waals surface area contributed by atoms with Gasteiger partial charge in [-0.15, -0.1) is 0 Å². The molecule has 0 fully saturated rings. The van der Waals surface area contributed by atoms with Crippen molar-refractivity contribution in [2.75, 3.05) is 0 Å². The Kier molecular flexibility index (Phi) is 5.21. The van der Waals surface area contributed by atoms with Crippen molar-refractivity contribution >= 4 is 5.71 Å². The van der Waals surface area contributed by atoms with Gasteiger partial charge in [0, 0.05) is 11.1 Å². The third-order valence-corrected chi connectivity index (χ3v) is 3.69. The van der Waals surface area contributed by atoms with Gasteiger partial charge in [-0.1, -0.05) is 103 Å². The standard InChI is InChI=1S/C22H19NO/c1-2-21(18-12-6-3-7-13-18)24-23-22(19-14-8-4-9-15-19)20-16-10-5-11-17-20/h2-17,21H,1H2/t21-/m0/s1. The Labute approximate surface area is 142 Å². The molecule has 0 unspecified atom stereocenters. The minimum Gasteiger partial charge on any atom is -0.383 e. The summed E-state index contributed by atoms with van der Waals surface area (Å²) in [7, 11) is 0. The molecule has 2 heteroatoms. The van der Waals surface area contributed by atoms with Gasteiger partial charge in [-0.25, -0.2) is 0 Å². The van der Waals surface area contributed by atoms with Gasteiger partial charge in [-0.05, 0) is 11.6 Å². The summed E-state index contributed by atoms with van der Waals surface area (Å²) < 4.78 is 0. The minimum absolute atomic E-state index is 0.284. The molecule has 2 nitrogen and oxygen atoms in total. The maximum absolute atomic E-state index is 5.82. The zero-order valence-electron chi connectivity index (χ0n) is 13.4. The molecule has 0 N–H and O–H groups in total. The van der Waals surface area contributed by atoms with Gasteiger partial charge in [0.25, 0.3) is 0 Å². The van der Waals surface area contributed by atoms with Crippen molar-refractivity contribution in [3.05, 3.63) is 120 Å². The molecule has 0 saturated carbocycles. The number of nitrogens with zero attached hydrogens (tertiary/aromatic N) is 1. The second kappa shape index (κ2) is 7.93. The highest BCUT2D eigenvalue weighted by molar-refractivity contribution is 6.12. The van der Waals surface area contributed by atoms with Gasteiger partial charge < -0.3 is 4.84 Å². The summed E-state index contributed by atoms with van der Waals surface area (Å²) in [5.74, 6) is 0. The molecule has 3 aromatic rings. The van der Waals surface area contributed by atoms with Crippen LogP contribution in [-0.2, 0) is 4.84 Å². The molecular formula is C22H19NO. The predicted octanol–water partition coefficient (Wildman–Crippen LogP) is 5.38. The van der Waals surface area contributed by atoms with Gasteiger partial charge in [0.05, 0.1) is 0 Å². The third-order valence-electron chi connectivity index (χ3n) is 3.69.